The molecule has 0 saturated carbocycles. The second kappa shape index (κ2) is 5.66. The zero-order chi connectivity index (χ0) is 13.8. The Morgan fingerprint density at radius 2 is 2.00 bits per heavy atom. The van der Waals surface area contributed by atoms with Crippen molar-refractivity contribution in [2.45, 2.75) is 33.7 Å². The molecule has 1 rings (SSSR count). The number of aliphatic carboxylic acids is 1. The van der Waals surface area contributed by atoms with Crippen LogP contribution >= 0.6 is 0 Å². The van der Waals surface area contributed by atoms with E-state index in [2.05, 4.69) is 20.6 Å². The van der Waals surface area contributed by atoms with Gasteiger partial charge in [0.1, 0.15) is 18.0 Å². The Labute approximate surface area is 107 Å². The lowest BCUT2D eigenvalue weighted by molar-refractivity contribution is -0.146. The summed E-state index contributed by atoms with van der Waals surface area (Å²) in [5, 5.41) is 15.2. The molecule has 0 saturated heterocycles. The Kier molecular flexibility index (Phi) is 4.47. The van der Waals surface area contributed by atoms with E-state index in [1.807, 2.05) is 13.8 Å². The van der Waals surface area contributed by atoms with Crippen molar-refractivity contribution in [1.82, 2.24) is 9.97 Å². The van der Waals surface area contributed by atoms with E-state index < -0.39 is 11.4 Å². The second-order valence-corrected chi connectivity index (χ2v) is 5.13. The Morgan fingerprint density at radius 3 is 2.56 bits per heavy atom. The first-order valence-corrected chi connectivity index (χ1v) is 5.87. The number of anilines is 2. The molecule has 3 N–H and O–H groups in total. The lowest BCUT2D eigenvalue weighted by atomic mass is 9.94. The minimum atomic E-state index is -0.843. The Morgan fingerprint density at radius 1 is 1.39 bits per heavy atom. The van der Waals surface area contributed by atoms with Gasteiger partial charge in [0.25, 0.3) is 0 Å². The number of nitrogens with one attached hydrogen (secondary N) is 2. The van der Waals surface area contributed by atoms with Crippen molar-refractivity contribution in [2.24, 2.45) is 5.41 Å². The molecule has 0 atom stereocenters. The molecule has 100 valence electrons. The van der Waals surface area contributed by atoms with Crippen molar-refractivity contribution in [2.75, 3.05) is 17.2 Å². The van der Waals surface area contributed by atoms with Crippen LogP contribution in [0, 0.1) is 5.41 Å². The molecule has 0 bridgehead atoms. The number of carboxylic acids is 1. The average Bonchev–Trinajstić information content (AvgIpc) is 2.26. The molecular weight excluding hydrogens is 232 g/mol. The smallest absolute Gasteiger partial charge is 0.310 e. The maximum atomic E-state index is 11.0. The van der Waals surface area contributed by atoms with Gasteiger partial charge in [-0.25, -0.2) is 9.97 Å². The fourth-order valence-corrected chi connectivity index (χ4v) is 1.22. The first-order valence-electron chi connectivity index (χ1n) is 5.87. The highest BCUT2D eigenvalue weighted by Gasteiger charge is 2.26. The molecule has 0 amide bonds. The minimum absolute atomic E-state index is 0.281. The molecule has 0 spiro atoms. The van der Waals surface area contributed by atoms with Gasteiger partial charge in [0.05, 0.1) is 5.41 Å². The van der Waals surface area contributed by atoms with Crippen LogP contribution in [-0.2, 0) is 4.79 Å². The Bertz CT molecular complexity index is 418. The molecule has 0 aliphatic rings. The maximum absolute atomic E-state index is 11.0. The summed E-state index contributed by atoms with van der Waals surface area (Å²) in [6, 6.07) is 2.04. The fourth-order valence-electron chi connectivity index (χ4n) is 1.22. The second-order valence-electron chi connectivity index (χ2n) is 5.13. The van der Waals surface area contributed by atoms with Gasteiger partial charge in [0.2, 0.25) is 0 Å². The first-order chi connectivity index (χ1) is 8.31. The predicted octanol–water partition coefficient (Wildman–Crippen LogP) is 1.82. The molecule has 1 aromatic heterocycles. The first kappa shape index (κ1) is 14.2. The number of carboxylic acid groups (broad SMARTS) is 1. The summed E-state index contributed by atoms with van der Waals surface area (Å²) in [5.74, 6) is 0.489. The quantitative estimate of drug-likeness (QED) is 0.716. The summed E-state index contributed by atoms with van der Waals surface area (Å²) in [5.41, 5.74) is -0.837. The van der Waals surface area contributed by atoms with Gasteiger partial charge in [-0.3, -0.25) is 4.79 Å². The number of aromatic nitrogens is 2. The van der Waals surface area contributed by atoms with Gasteiger partial charge in [-0.05, 0) is 27.7 Å². The SMILES string of the molecule is CC(C)Nc1cc(NCC(C)(C)C(=O)O)ncn1. The molecule has 6 nitrogen and oxygen atoms in total. The maximum Gasteiger partial charge on any atom is 0.310 e. The van der Waals surface area contributed by atoms with E-state index in [0.717, 1.165) is 5.82 Å². The molecule has 0 fully saturated rings. The van der Waals surface area contributed by atoms with Crippen molar-refractivity contribution in [3.05, 3.63) is 12.4 Å². The monoisotopic (exact) mass is 252 g/mol. The van der Waals surface area contributed by atoms with Gasteiger partial charge in [0.15, 0.2) is 0 Å². The normalized spacial score (nSPS) is 11.4. The predicted molar refractivity (Wildman–Crippen MR) is 70.7 cm³/mol. The van der Waals surface area contributed by atoms with Crippen LogP contribution in [0.4, 0.5) is 11.6 Å². The number of nitrogens with zero attached hydrogens (tertiary/aromatic N) is 2. The molecule has 0 aliphatic heterocycles. The standard InChI is InChI=1S/C12H20N4O2/c1-8(2)16-10-5-9(14-7-15-10)13-6-12(3,4)11(17)18/h5,7-8H,6H2,1-4H3,(H,17,18)(H2,13,14,15,16). The summed E-state index contributed by atoms with van der Waals surface area (Å²) in [4.78, 5) is 19.1. The summed E-state index contributed by atoms with van der Waals surface area (Å²) >= 11 is 0. The minimum Gasteiger partial charge on any atom is -0.481 e. The van der Waals surface area contributed by atoms with Crippen molar-refractivity contribution in [3.63, 3.8) is 0 Å². The number of carbonyl (C=O) groups is 1. The van der Waals surface area contributed by atoms with Gasteiger partial charge in [-0.2, -0.15) is 0 Å². The van der Waals surface area contributed by atoms with E-state index in [1.165, 1.54) is 6.33 Å². The zero-order valence-corrected chi connectivity index (χ0v) is 11.2. The molecular formula is C12H20N4O2. The third kappa shape index (κ3) is 4.20. The third-order valence-electron chi connectivity index (χ3n) is 2.39. The van der Waals surface area contributed by atoms with Gasteiger partial charge < -0.3 is 15.7 Å². The highest BCUT2D eigenvalue weighted by Crippen LogP contribution is 2.17. The van der Waals surface area contributed by atoms with Crippen LogP contribution in [0.5, 0.6) is 0 Å². The van der Waals surface area contributed by atoms with Crippen LogP contribution in [0.3, 0.4) is 0 Å². The molecule has 0 aliphatic carbocycles. The van der Waals surface area contributed by atoms with Crippen LogP contribution in [0.15, 0.2) is 12.4 Å². The largest absolute Gasteiger partial charge is 0.481 e. The number of hydrogen-bond donors (Lipinski definition) is 3. The van der Waals surface area contributed by atoms with Gasteiger partial charge in [-0.1, -0.05) is 0 Å². The van der Waals surface area contributed by atoms with E-state index in [1.54, 1.807) is 19.9 Å². The van der Waals surface area contributed by atoms with Gasteiger partial charge >= 0.3 is 5.97 Å². The number of rotatable bonds is 6. The van der Waals surface area contributed by atoms with E-state index >= 15 is 0 Å². The third-order valence-corrected chi connectivity index (χ3v) is 2.39. The highest BCUT2D eigenvalue weighted by molar-refractivity contribution is 5.74. The van der Waals surface area contributed by atoms with Crippen molar-refractivity contribution in [1.29, 1.82) is 0 Å². The Balaban J connectivity index is 2.65. The molecule has 6 heteroatoms. The highest BCUT2D eigenvalue weighted by atomic mass is 16.4. The molecule has 1 heterocycles. The van der Waals surface area contributed by atoms with Gasteiger partial charge in [0, 0.05) is 18.7 Å². The van der Waals surface area contributed by atoms with Gasteiger partial charge in [-0.15, -0.1) is 0 Å². The van der Waals surface area contributed by atoms with Crippen LogP contribution in [0.2, 0.25) is 0 Å². The van der Waals surface area contributed by atoms with E-state index in [4.69, 9.17) is 5.11 Å². The van der Waals surface area contributed by atoms with Crippen LogP contribution in [-0.4, -0.2) is 33.6 Å². The van der Waals surface area contributed by atoms with E-state index in [9.17, 15) is 4.79 Å². The lowest BCUT2D eigenvalue weighted by Crippen LogP contribution is -2.32. The molecule has 0 unspecified atom stereocenters. The summed E-state index contributed by atoms with van der Waals surface area (Å²) in [6.07, 6.45) is 1.45. The van der Waals surface area contributed by atoms with E-state index in [-0.39, 0.29) is 6.04 Å². The van der Waals surface area contributed by atoms with Crippen molar-refractivity contribution in [3.8, 4) is 0 Å². The van der Waals surface area contributed by atoms with Crippen molar-refractivity contribution < 1.29 is 9.90 Å². The fraction of sp³-hybridized carbons (Fsp3) is 0.583. The van der Waals surface area contributed by atoms with E-state index in [0.29, 0.717) is 12.4 Å². The van der Waals surface area contributed by atoms with Crippen LogP contribution in [0.1, 0.15) is 27.7 Å². The van der Waals surface area contributed by atoms with Crippen LogP contribution in [0.25, 0.3) is 0 Å². The molecule has 18 heavy (non-hydrogen) atoms. The summed E-state index contributed by atoms with van der Waals surface area (Å²) in [7, 11) is 0. The molecule has 0 radical (unpaired) electrons. The zero-order valence-electron chi connectivity index (χ0n) is 11.2. The summed E-state index contributed by atoms with van der Waals surface area (Å²) in [6.45, 7) is 7.67. The van der Waals surface area contributed by atoms with Crippen molar-refractivity contribution >= 4 is 17.6 Å². The topological polar surface area (TPSA) is 87.1 Å². The average molecular weight is 252 g/mol. The molecule has 1 aromatic rings. The Hall–Kier alpha value is -1.85. The number of hydrogen-bond acceptors (Lipinski definition) is 5. The summed E-state index contributed by atoms with van der Waals surface area (Å²) < 4.78 is 0. The lowest BCUT2D eigenvalue weighted by Gasteiger charge is -2.20. The van der Waals surface area contributed by atoms with Crippen LogP contribution < -0.4 is 10.6 Å². The molecule has 0 aromatic carbocycles.